The topological polar surface area (TPSA) is 94.7 Å². The summed E-state index contributed by atoms with van der Waals surface area (Å²) in [5, 5.41) is 10.9. The van der Waals surface area contributed by atoms with Crippen LogP contribution in [0.25, 0.3) is 6.08 Å². The van der Waals surface area contributed by atoms with Gasteiger partial charge in [0.2, 0.25) is 0 Å². The molecular weight excluding hydrogens is 407 g/mol. The van der Waals surface area contributed by atoms with E-state index in [0.29, 0.717) is 18.7 Å². The number of hydrogen-bond acceptors (Lipinski definition) is 6. The van der Waals surface area contributed by atoms with Gasteiger partial charge in [-0.2, -0.15) is 13.2 Å². The number of nitro groups is 1. The van der Waals surface area contributed by atoms with Crippen LogP contribution in [0, 0.1) is 10.1 Å². The van der Waals surface area contributed by atoms with Gasteiger partial charge >= 0.3 is 23.9 Å². The van der Waals surface area contributed by atoms with Gasteiger partial charge in [0.25, 0.3) is 0 Å². The molecule has 0 amide bonds. The molecule has 1 heterocycles. The zero-order valence-electron chi connectivity index (χ0n) is 16.0. The number of aromatic nitrogens is 1. The first-order valence-corrected chi connectivity index (χ1v) is 8.55. The summed E-state index contributed by atoms with van der Waals surface area (Å²) in [7, 11) is 3.47. The first kappa shape index (κ1) is 22.8. The van der Waals surface area contributed by atoms with Crippen molar-refractivity contribution in [2.75, 3.05) is 7.05 Å². The van der Waals surface area contributed by atoms with Crippen molar-refractivity contribution < 1.29 is 32.4 Å². The Morgan fingerprint density at radius 2 is 1.80 bits per heavy atom. The minimum absolute atomic E-state index is 0.00463. The number of esters is 2. The van der Waals surface area contributed by atoms with Gasteiger partial charge in [-0.05, 0) is 35.2 Å². The number of hydrogen-bond donors (Lipinski definition) is 0. The van der Waals surface area contributed by atoms with Crippen LogP contribution in [0.2, 0.25) is 0 Å². The van der Waals surface area contributed by atoms with Crippen molar-refractivity contribution in [1.29, 1.82) is 0 Å². The highest BCUT2D eigenvalue weighted by atomic mass is 19.4. The van der Waals surface area contributed by atoms with Gasteiger partial charge in [-0.3, -0.25) is 4.90 Å². The smallest absolute Gasteiger partial charge is 0.383 e. The van der Waals surface area contributed by atoms with Crippen LogP contribution in [0.5, 0.6) is 0 Å². The standard InChI is InChI=1S/C19H18F3N3O5/c1-23(12-15-8-9-16(24(15)2)25(28)29)11-14-5-3-13(4-6-14)7-10-17(26)30-18(27)19(20,21)22/h3-10H,11-12H2,1-2H3/b10-7+. The number of carbonyl (C=O) groups excluding carboxylic acids is 2. The quantitative estimate of drug-likeness (QED) is 0.222. The van der Waals surface area contributed by atoms with Crippen molar-refractivity contribution in [2.45, 2.75) is 19.3 Å². The van der Waals surface area contributed by atoms with Crippen LogP contribution < -0.4 is 0 Å². The summed E-state index contributed by atoms with van der Waals surface area (Å²) >= 11 is 0. The lowest BCUT2D eigenvalue weighted by molar-refractivity contribution is -0.391. The van der Waals surface area contributed by atoms with E-state index in [1.165, 1.54) is 16.7 Å². The molecule has 2 rings (SSSR count). The molecule has 30 heavy (non-hydrogen) atoms. The molecule has 0 bridgehead atoms. The lowest BCUT2D eigenvalue weighted by Crippen LogP contribution is -2.27. The Morgan fingerprint density at radius 1 is 1.17 bits per heavy atom. The second kappa shape index (κ2) is 9.35. The molecule has 2 aromatic rings. The van der Waals surface area contributed by atoms with Crippen molar-refractivity contribution >= 4 is 23.8 Å². The molecule has 0 unspecified atom stereocenters. The van der Waals surface area contributed by atoms with Gasteiger partial charge in [0.15, 0.2) is 0 Å². The zero-order chi connectivity index (χ0) is 22.5. The maximum absolute atomic E-state index is 12.0. The van der Waals surface area contributed by atoms with Gasteiger partial charge in [0, 0.05) is 18.7 Å². The van der Waals surface area contributed by atoms with E-state index in [0.717, 1.165) is 17.3 Å². The molecule has 0 aliphatic carbocycles. The monoisotopic (exact) mass is 425 g/mol. The number of rotatable bonds is 7. The number of nitrogens with zero attached hydrogens (tertiary/aromatic N) is 3. The summed E-state index contributed by atoms with van der Waals surface area (Å²) in [4.78, 5) is 34.2. The normalized spacial score (nSPS) is 11.8. The Morgan fingerprint density at radius 3 is 2.33 bits per heavy atom. The van der Waals surface area contributed by atoms with Gasteiger partial charge in [-0.25, -0.2) is 14.2 Å². The van der Waals surface area contributed by atoms with E-state index in [1.807, 2.05) is 11.9 Å². The highest BCUT2D eigenvalue weighted by Gasteiger charge is 2.42. The fourth-order valence-corrected chi connectivity index (χ4v) is 2.61. The van der Waals surface area contributed by atoms with Gasteiger partial charge in [0.1, 0.15) is 5.69 Å². The highest BCUT2D eigenvalue weighted by molar-refractivity contribution is 5.96. The minimum Gasteiger partial charge on any atom is -0.383 e. The van der Waals surface area contributed by atoms with E-state index < -0.39 is 23.0 Å². The SMILES string of the molecule is CN(Cc1ccc(/C=C/C(=O)OC(=O)C(F)(F)F)cc1)Cc1ccc([N+](=O)[O-])n1C. The second-order valence-corrected chi connectivity index (χ2v) is 6.45. The molecule has 1 aromatic carbocycles. The minimum atomic E-state index is -5.23. The molecule has 0 N–H and O–H groups in total. The molecule has 1 aromatic heterocycles. The van der Waals surface area contributed by atoms with Crippen molar-refractivity contribution in [3.05, 3.63) is 69.4 Å². The number of halogens is 3. The molecular formula is C19H18F3N3O5. The molecule has 0 radical (unpaired) electrons. The summed E-state index contributed by atoms with van der Waals surface area (Å²) in [5.41, 5.74) is 2.21. The Labute approximate surface area is 169 Å². The van der Waals surface area contributed by atoms with E-state index >= 15 is 0 Å². The van der Waals surface area contributed by atoms with E-state index in [2.05, 4.69) is 4.74 Å². The molecule has 0 fully saturated rings. The van der Waals surface area contributed by atoms with Gasteiger partial charge in [-0.15, -0.1) is 0 Å². The van der Waals surface area contributed by atoms with Crippen molar-refractivity contribution in [3.8, 4) is 0 Å². The molecule has 11 heteroatoms. The number of ether oxygens (including phenoxy) is 1. The van der Waals surface area contributed by atoms with Crippen LogP contribution in [-0.2, 0) is 34.5 Å². The molecule has 8 nitrogen and oxygen atoms in total. The molecule has 0 spiro atoms. The molecule has 0 saturated carbocycles. The maximum atomic E-state index is 12.0. The second-order valence-electron chi connectivity index (χ2n) is 6.45. The van der Waals surface area contributed by atoms with Crippen molar-refractivity contribution in [3.63, 3.8) is 0 Å². The molecule has 0 aliphatic rings. The molecule has 0 aliphatic heterocycles. The van der Waals surface area contributed by atoms with Gasteiger partial charge in [-0.1, -0.05) is 24.3 Å². The van der Waals surface area contributed by atoms with Crippen LogP contribution >= 0.6 is 0 Å². The fraction of sp³-hybridized carbons (Fsp3) is 0.263. The molecule has 0 saturated heterocycles. The number of carbonyl (C=O) groups is 2. The third-order valence-electron chi connectivity index (χ3n) is 4.09. The Balaban J connectivity index is 1.92. The molecule has 160 valence electrons. The first-order valence-electron chi connectivity index (χ1n) is 8.55. The summed E-state index contributed by atoms with van der Waals surface area (Å²) in [6.07, 6.45) is -3.28. The Hall–Kier alpha value is -3.47. The summed E-state index contributed by atoms with van der Waals surface area (Å²) in [6, 6.07) is 9.94. The third kappa shape index (κ3) is 6.27. The maximum Gasteiger partial charge on any atom is 0.491 e. The average Bonchev–Trinajstić information content (AvgIpc) is 3.01. The number of benzene rings is 1. The number of alkyl halides is 3. The predicted octanol–water partition coefficient (Wildman–Crippen LogP) is 3.21. The summed E-state index contributed by atoms with van der Waals surface area (Å²) in [6.45, 7) is 1.01. The van der Waals surface area contributed by atoms with Crippen LogP contribution in [0.4, 0.5) is 19.0 Å². The van der Waals surface area contributed by atoms with E-state index in [1.54, 1.807) is 37.4 Å². The third-order valence-corrected chi connectivity index (χ3v) is 4.09. The highest BCUT2D eigenvalue weighted by Crippen LogP contribution is 2.18. The van der Waals surface area contributed by atoms with Crippen LogP contribution in [0.15, 0.2) is 42.5 Å². The fourth-order valence-electron chi connectivity index (χ4n) is 2.61. The predicted molar refractivity (Wildman–Crippen MR) is 99.9 cm³/mol. The van der Waals surface area contributed by atoms with E-state index in [4.69, 9.17) is 0 Å². The molecule has 0 atom stereocenters. The summed E-state index contributed by atoms with van der Waals surface area (Å²) in [5.74, 6) is -3.98. The lowest BCUT2D eigenvalue weighted by atomic mass is 10.1. The first-order chi connectivity index (χ1) is 14.0. The Kier molecular flexibility index (Phi) is 7.11. The zero-order valence-corrected chi connectivity index (χ0v) is 16.0. The van der Waals surface area contributed by atoms with Crippen LogP contribution in [0.3, 0.4) is 0 Å². The largest absolute Gasteiger partial charge is 0.491 e. The van der Waals surface area contributed by atoms with E-state index in [-0.39, 0.29) is 5.82 Å². The van der Waals surface area contributed by atoms with Gasteiger partial charge in [0.05, 0.1) is 13.6 Å². The average molecular weight is 425 g/mol. The summed E-state index contributed by atoms with van der Waals surface area (Å²) < 4.78 is 41.3. The lowest BCUT2D eigenvalue weighted by Gasteiger charge is -2.16. The Bertz CT molecular complexity index is 965. The van der Waals surface area contributed by atoms with Crippen LogP contribution in [0.1, 0.15) is 16.8 Å². The van der Waals surface area contributed by atoms with Gasteiger partial charge < -0.3 is 14.9 Å². The van der Waals surface area contributed by atoms with E-state index in [9.17, 15) is 32.9 Å². The van der Waals surface area contributed by atoms with Crippen molar-refractivity contribution in [2.24, 2.45) is 7.05 Å². The van der Waals surface area contributed by atoms with Crippen molar-refractivity contribution in [1.82, 2.24) is 9.47 Å². The van der Waals surface area contributed by atoms with Crippen LogP contribution in [-0.4, -0.2) is 39.6 Å².